The Morgan fingerprint density at radius 1 is 0.839 bits per heavy atom. The normalized spacial score (nSPS) is 38.3. The van der Waals surface area contributed by atoms with Crippen molar-refractivity contribution in [3.05, 3.63) is 0 Å². The molecule has 0 saturated heterocycles. The number of hydrogen-bond acceptors (Lipinski definition) is 5. The highest BCUT2D eigenvalue weighted by atomic mass is 32.2. The molecule has 31 heavy (non-hydrogen) atoms. The highest BCUT2D eigenvalue weighted by Gasteiger charge is 2.48. The second-order valence-corrected chi connectivity index (χ2v) is 14.2. The molecule has 4 aliphatic carbocycles. The van der Waals surface area contributed by atoms with Crippen molar-refractivity contribution >= 4 is 26.1 Å². The standard InChI is InChI=1S/C21H37N3O5S2/c1-30(26,27)17-8-2-5-14(11-17)13-22-31(28,29)24-21(25)23-20-18-9-3-6-15(18)12-16-7-4-10-19(16)20/h14-20,22H,2-13H2,1H3,(H2,23,24,25). The van der Waals surface area contributed by atoms with Crippen LogP contribution in [0.4, 0.5) is 4.79 Å². The summed E-state index contributed by atoms with van der Waals surface area (Å²) < 4.78 is 53.2. The second-order valence-electron chi connectivity index (χ2n) is 10.4. The number of rotatable bonds is 6. The first-order valence-corrected chi connectivity index (χ1v) is 15.3. The van der Waals surface area contributed by atoms with E-state index in [4.69, 9.17) is 0 Å². The first-order chi connectivity index (χ1) is 14.6. The highest BCUT2D eigenvalue weighted by molar-refractivity contribution is 7.91. The Bertz CT molecular complexity index is 855. The van der Waals surface area contributed by atoms with Gasteiger partial charge in [0.15, 0.2) is 0 Å². The van der Waals surface area contributed by atoms with Crippen molar-refractivity contribution in [1.82, 2.24) is 14.8 Å². The summed E-state index contributed by atoms with van der Waals surface area (Å²) in [5.41, 5.74) is 0. The Hall–Kier alpha value is -0.870. The van der Waals surface area contributed by atoms with E-state index in [1.807, 2.05) is 0 Å². The Morgan fingerprint density at radius 3 is 2.06 bits per heavy atom. The van der Waals surface area contributed by atoms with Crippen LogP contribution in [-0.4, -0.2) is 47.0 Å². The third-order valence-corrected chi connectivity index (χ3v) is 11.0. The Balaban J connectivity index is 1.30. The van der Waals surface area contributed by atoms with Crippen LogP contribution >= 0.6 is 0 Å². The van der Waals surface area contributed by atoms with Crippen molar-refractivity contribution in [3.63, 3.8) is 0 Å². The van der Waals surface area contributed by atoms with Crippen molar-refractivity contribution in [1.29, 1.82) is 0 Å². The van der Waals surface area contributed by atoms with Gasteiger partial charge in [0.2, 0.25) is 0 Å². The first-order valence-electron chi connectivity index (χ1n) is 11.9. The molecule has 6 unspecified atom stereocenters. The summed E-state index contributed by atoms with van der Waals surface area (Å²) in [6, 6.07) is -0.578. The first kappa shape index (κ1) is 23.3. The van der Waals surface area contributed by atoms with E-state index in [2.05, 4.69) is 14.8 Å². The Morgan fingerprint density at radius 2 is 1.45 bits per heavy atom. The van der Waals surface area contributed by atoms with Gasteiger partial charge in [-0.25, -0.2) is 17.9 Å². The fourth-order valence-corrected chi connectivity index (χ4v) is 9.01. The molecule has 0 aliphatic heterocycles. The van der Waals surface area contributed by atoms with Crippen molar-refractivity contribution in [3.8, 4) is 0 Å². The summed E-state index contributed by atoms with van der Waals surface area (Å²) in [7, 11) is -7.11. The third kappa shape index (κ3) is 5.55. The minimum atomic E-state index is -3.99. The van der Waals surface area contributed by atoms with E-state index in [-0.39, 0.29) is 18.5 Å². The minimum Gasteiger partial charge on any atom is -0.334 e. The van der Waals surface area contributed by atoms with Gasteiger partial charge in [-0.1, -0.05) is 32.1 Å². The Kier molecular flexibility index (Phi) is 6.89. The summed E-state index contributed by atoms with van der Waals surface area (Å²) in [6.45, 7) is 0.146. The molecule has 178 valence electrons. The van der Waals surface area contributed by atoms with E-state index >= 15 is 0 Å². The molecule has 0 aromatic heterocycles. The average molecular weight is 476 g/mol. The van der Waals surface area contributed by atoms with Crippen molar-refractivity contribution < 1.29 is 21.6 Å². The lowest BCUT2D eigenvalue weighted by Crippen LogP contribution is -2.55. The zero-order chi connectivity index (χ0) is 22.2. The summed E-state index contributed by atoms with van der Waals surface area (Å²) in [6.07, 6.45) is 12.2. The highest BCUT2D eigenvalue weighted by Crippen LogP contribution is 2.52. The summed E-state index contributed by atoms with van der Waals surface area (Å²) in [5.74, 6) is 2.22. The van der Waals surface area contributed by atoms with E-state index < -0.39 is 31.3 Å². The molecule has 10 heteroatoms. The smallest absolute Gasteiger partial charge is 0.329 e. The fourth-order valence-electron chi connectivity index (χ4n) is 6.96. The average Bonchev–Trinajstić information content (AvgIpc) is 3.34. The molecule has 8 nitrogen and oxygen atoms in total. The molecular formula is C21H37N3O5S2. The van der Waals surface area contributed by atoms with Gasteiger partial charge in [-0.05, 0) is 68.1 Å². The van der Waals surface area contributed by atoms with Gasteiger partial charge in [0.25, 0.3) is 0 Å². The monoisotopic (exact) mass is 475 g/mol. The molecule has 0 radical (unpaired) electrons. The predicted molar refractivity (Wildman–Crippen MR) is 119 cm³/mol. The lowest BCUT2D eigenvalue weighted by atomic mass is 9.67. The van der Waals surface area contributed by atoms with Gasteiger partial charge >= 0.3 is 16.2 Å². The number of hydrogen-bond donors (Lipinski definition) is 3. The number of carbonyl (C=O) groups excluding carboxylic acids is 1. The zero-order valence-electron chi connectivity index (χ0n) is 18.4. The van der Waals surface area contributed by atoms with Crippen molar-refractivity contribution in [2.75, 3.05) is 12.8 Å². The largest absolute Gasteiger partial charge is 0.334 e. The van der Waals surface area contributed by atoms with E-state index in [0.717, 1.165) is 25.7 Å². The quantitative estimate of drug-likeness (QED) is 0.544. The lowest BCUT2D eigenvalue weighted by Gasteiger charge is -2.42. The van der Waals surface area contributed by atoms with Gasteiger partial charge in [-0.2, -0.15) is 13.1 Å². The van der Waals surface area contributed by atoms with E-state index in [9.17, 15) is 21.6 Å². The molecule has 4 saturated carbocycles. The van der Waals surface area contributed by atoms with E-state index in [1.54, 1.807) is 0 Å². The fraction of sp³-hybridized carbons (Fsp3) is 0.952. The molecule has 4 fully saturated rings. The van der Waals surface area contributed by atoms with Gasteiger partial charge in [0.1, 0.15) is 9.84 Å². The van der Waals surface area contributed by atoms with Crippen LogP contribution in [0.3, 0.4) is 0 Å². The zero-order valence-corrected chi connectivity index (χ0v) is 20.0. The molecule has 0 heterocycles. The third-order valence-electron chi connectivity index (χ3n) is 8.39. The van der Waals surface area contributed by atoms with E-state index in [0.29, 0.717) is 36.5 Å². The second kappa shape index (κ2) is 9.17. The number of amides is 2. The lowest BCUT2D eigenvalue weighted by molar-refractivity contribution is 0.106. The number of carbonyl (C=O) groups is 1. The van der Waals surface area contributed by atoms with Crippen LogP contribution < -0.4 is 14.8 Å². The number of fused-ring (bicyclic) bond motifs is 2. The van der Waals surface area contributed by atoms with Gasteiger partial charge in [0.05, 0.1) is 5.25 Å². The molecule has 0 aromatic carbocycles. The molecule has 3 N–H and O–H groups in total. The maximum atomic E-state index is 12.6. The molecular weight excluding hydrogens is 438 g/mol. The molecule has 6 atom stereocenters. The molecule has 4 rings (SSSR count). The van der Waals surface area contributed by atoms with Gasteiger partial charge in [-0.3, -0.25) is 0 Å². The van der Waals surface area contributed by atoms with Gasteiger partial charge < -0.3 is 5.32 Å². The minimum absolute atomic E-state index is 0.0371. The molecule has 0 aromatic rings. The number of urea groups is 1. The number of nitrogens with one attached hydrogen (secondary N) is 3. The van der Waals surface area contributed by atoms with Crippen LogP contribution in [-0.2, 0) is 20.0 Å². The molecule has 2 amide bonds. The molecule has 4 aliphatic rings. The van der Waals surface area contributed by atoms with Crippen LogP contribution in [0.15, 0.2) is 0 Å². The topological polar surface area (TPSA) is 121 Å². The van der Waals surface area contributed by atoms with Crippen LogP contribution in [0.1, 0.15) is 70.6 Å². The van der Waals surface area contributed by atoms with E-state index in [1.165, 1.54) is 38.4 Å². The van der Waals surface area contributed by atoms with Crippen molar-refractivity contribution in [2.24, 2.45) is 29.6 Å². The summed E-state index contributed by atoms with van der Waals surface area (Å²) in [5, 5.41) is 2.63. The van der Waals surface area contributed by atoms with Crippen LogP contribution in [0.2, 0.25) is 0 Å². The maximum absolute atomic E-state index is 12.6. The van der Waals surface area contributed by atoms with Crippen LogP contribution in [0.5, 0.6) is 0 Å². The predicted octanol–water partition coefficient (Wildman–Crippen LogP) is 2.33. The van der Waals surface area contributed by atoms with Crippen LogP contribution in [0.25, 0.3) is 0 Å². The van der Waals surface area contributed by atoms with Gasteiger partial charge in [0, 0.05) is 18.8 Å². The van der Waals surface area contributed by atoms with Crippen molar-refractivity contribution in [2.45, 2.75) is 81.9 Å². The molecule has 0 spiro atoms. The SMILES string of the molecule is CS(=O)(=O)C1CCCC(CNS(=O)(=O)NC(=O)NC2C3CCCC3CC3CCCC32)C1. The summed E-state index contributed by atoms with van der Waals surface area (Å²) >= 11 is 0. The molecule has 0 bridgehead atoms. The Labute approximate surface area is 186 Å². The van der Waals surface area contributed by atoms with Crippen LogP contribution in [0, 0.1) is 29.6 Å². The maximum Gasteiger partial charge on any atom is 0.329 e. The van der Waals surface area contributed by atoms with Gasteiger partial charge in [-0.15, -0.1) is 0 Å². The number of sulfone groups is 1. The summed E-state index contributed by atoms with van der Waals surface area (Å²) in [4.78, 5) is 12.6.